The number of carbonyl (C=O) groups is 1. The van der Waals surface area contributed by atoms with Gasteiger partial charge in [0.05, 0.1) is 5.69 Å². The molecule has 1 amide bonds. The number of hydrogen-bond donors (Lipinski definition) is 0. The van der Waals surface area contributed by atoms with E-state index in [0.717, 1.165) is 27.9 Å². The quantitative estimate of drug-likeness (QED) is 0.292. The van der Waals surface area contributed by atoms with Gasteiger partial charge in [-0.1, -0.05) is 36.4 Å². The van der Waals surface area contributed by atoms with Gasteiger partial charge >= 0.3 is 0 Å². The summed E-state index contributed by atoms with van der Waals surface area (Å²) in [5.74, 6) is 0.345. The van der Waals surface area contributed by atoms with Crippen LogP contribution in [0.2, 0.25) is 0 Å². The summed E-state index contributed by atoms with van der Waals surface area (Å²) >= 11 is 0. The molecule has 2 aromatic heterocycles. The first-order chi connectivity index (χ1) is 18.1. The zero-order valence-electron chi connectivity index (χ0n) is 20.1. The van der Waals surface area contributed by atoms with Crippen LogP contribution < -0.4 is 4.90 Å². The number of para-hydroxylation sites is 2. The molecular formula is C30H25FN4O2. The van der Waals surface area contributed by atoms with Crippen molar-refractivity contribution in [1.82, 2.24) is 14.7 Å². The van der Waals surface area contributed by atoms with Crippen LogP contribution in [0.4, 0.5) is 10.1 Å². The zero-order valence-corrected chi connectivity index (χ0v) is 20.1. The molecule has 0 radical (unpaired) electrons. The highest BCUT2D eigenvalue weighted by atomic mass is 19.1. The smallest absolute Gasteiger partial charge is 0.246 e. The summed E-state index contributed by atoms with van der Waals surface area (Å²) in [6.07, 6.45) is 5.32. The molecule has 5 aromatic rings. The van der Waals surface area contributed by atoms with E-state index in [1.807, 2.05) is 77.8 Å². The van der Waals surface area contributed by atoms with E-state index in [-0.39, 0.29) is 11.7 Å². The van der Waals surface area contributed by atoms with Crippen molar-refractivity contribution in [2.45, 2.75) is 0 Å². The van der Waals surface area contributed by atoms with Crippen molar-refractivity contribution < 1.29 is 13.6 Å². The van der Waals surface area contributed by atoms with E-state index in [0.29, 0.717) is 37.6 Å². The predicted octanol–water partition coefficient (Wildman–Crippen LogP) is 5.79. The van der Waals surface area contributed by atoms with Crippen LogP contribution in [0.25, 0.3) is 34.2 Å². The molecule has 0 N–H and O–H groups in total. The number of hydrogen-bond acceptors (Lipinski definition) is 4. The molecule has 3 heterocycles. The number of amides is 1. The van der Waals surface area contributed by atoms with Crippen LogP contribution in [0, 0.1) is 5.82 Å². The van der Waals surface area contributed by atoms with Crippen LogP contribution in [-0.2, 0) is 4.79 Å². The Kier molecular flexibility index (Phi) is 6.02. The van der Waals surface area contributed by atoms with Gasteiger partial charge in [0.2, 0.25) is 5.91 Å². The van der Waals surface area contributed by atoms with Crippen LogP contribution in [0.5, 0.6) is 0 Å². The molecule has 0 unspecified atom stereocenters. The first kappa shape index (κ1) is 22.8. The topological polar surface area (TPSA) is 54.5 Å². The fourth-order valence-corrected chi connectivity index (χ4v) is 4.62. The highest BCUT2D eigenvalue weighted by Gasteiger charge is 2.21. The van der Waals surface area contributed by atoms with Gasteiger partial charge in [-0.25, -0.2) is 9.07 Å². The van der Waals surface area contributed by atoms with E-state index in [1.165, 1.54) is 12.1 Å². The van der Waals surface area contributed by atoms with E-state index in [4.69, 9.17) is 9.52 Å². The standard InChI is InChI=1S/C30H25FN4O2/c31-24-11-13-25(14-12-24)33-16-18-34(19-17-33)29(36)15-10-23-21-35(26-7-2-1-3-8-26)32-30(23)28-20-22-6-4-5-9-27(22)37-28/h1-15,20-21H,16-19H2. The fourth-order valence-electron chi connectivity index (χ4n) is 4.62. The largest absolute Gasteiger partial charge is 0.454 e. The molecule has 1 aliphatic heterocycles. The van der Waals surface area contributed by atoms with Crippen molar-refractivity contribution in [2.75, 3.05) is 31.1 Å². The minimum absolute atomic E-state index is 0.0539. The van der Waals surface area contributed by atoms with Gasteiger partial charge < -0.3 is 14.2 Å². The molecule has 0 bridgehead atoms. The first-order valence-corrected chi connectivity index (χ1v) is 12.3. The molecular weight excluding hydrogens is 467 g/mol. The van der Waals surface area contributed by atoms with E-state index >= 15 is 0 Å². The van der Waals surface area contributed by atoms with Crippen LogP contribution in [0.15, 0.2) is 102 Å². The summed E-state index contributed by atoms with van der Waals surface area (Å²) < 4.78 is 21.1. The highest BCUT2D eigenvalue weighted by Crippen LogP contribution is 2.30. The molecule has 6 nitrogen and oxygen atoms in total. The zero-order chi connectivity index (χ0) is 25.2. The normalized spacial score (nSPS) is 14.1. The summed E-state index contributed by atoms with van der Waals surface area (Å²) in [6.45, 7) is 2.59. The number of anilines is 1. The minimum atomic E-state index is -0.250. The number of rotatable bonds is 5. The number of piperazine rings is 1. The second-order valence-corrected chi connectivity index (χ2v) is 8.98. The Morgan fingerprint density at radius 3 is 2.35 bits per heavy atom. The van der Waals surface area contributed by atoms with Crippen LogP contribution in [0.3, 0.4) is 0 Å². The number of halogens is 1. The second-order valence-electron chi connectivity index (χ2n) is 8.98. The van der Waals surface area contributed by atoms with Gasteiger partial charge in [0, 0.05) is 55.1 Å². The molecule has 6 rings (SSSR count). The first-order valence-electron chi connectivity index (χ1n) is 12.3. The Labute approximate surface area is 213 Å². The Morgan fingerprint density at radius 2 is 1.59 bits per heavy atom. The minimum Gasteiger partial charge on any atom is -0.454 e. The number of carbonyl (C=O) groups excluding carboxylic acids is 1. The molecule has 1 aliphatic rings. The van der Waals surface area contributed by atoms with Gasteiger partial charge in [-0.2, -0.15) is 5.10 Å². The molecule has 0 atom stereocenters. The van der Waals surface area contributed by atoms with Gasteiger partial charge in [0.15, 0.2) is 5.76 Å². The van der Waals surface area contributed by atoms with E-state index in [2.05, 4.69) is 4.90 Å². The average molecular weight is 493 g/mol. The molecule has 0 spiro atoms. The lowest BCUT2D eigenvalue weighted by Gasteiger charge is -2.35. The molecule has 37 heavy (non-hydrogen) atoms. The summed E-state index contributed by atoms with van der Waals surface area (Å²) in [5, 5.41) is 5.80. The van der Waals surface area contributed by atoms with Crippen LogP contribution >= 0.6 is 0 Å². The Balaban J connectivity index is 1.23. The fraction of sp³-hybridized carbons (Fsp3) is 0.133. The monoisotopic (exact) mass is 492 g/mol. The van der Waals surface area contributed by atoms with Crippen LogP contribution in [0.1, 0.15) is 5.56 Å². The van der Waals surface area contributed by atoms with Crippen molar-refractivity contribution in [3.05, 3.63) is 109 Å². The molecule has 0 aliphatic carbocycles. The van der Waals surface area contributed by atoms with Crippen molar-refractivity contribution in [3.8, 4) is 17.1 Å². The predicted molar refractivity (Wildman–Crippen MR) is 143 cm³/mol. The maximum Gasteiger partial charge on any atom is 0.246 e. The van der Waals surface area contributed by atoms with Gasteiger partial charge in [-0.05, 0) is 54.6 Å². The van der Waals surface area contributed by atoms with Gasteiger partial charge in [0.25, 0.3) is 0 Å². The lowest BCUT2D eigenvalue weighted by atomic mass is 10.1. The third kappa shape index (κ3) is 4.76. The maximum absolute atomic E-state index is 13.2. The van der Waals surface area contributed by atoms with Gasteiger partial charge in [-0.3, -0.25) is 4.79 Å². The number of fused-ring (bicyclic) bond motifs is 1. The molecule has 184 valence electrons. The van der Waals surface area contributed by atoms with Gasteiger partial charge in [0.1, 0.15) is 17.1 Å². The molecule has 7 heteroatoms. The lowest BCUT2D eigenvalue weighted by molar-refractivity contribution is -0.126. The maximum atomic E-state index is 13.2. The molecule has 0 saturated carbocycles. The molecule has 1 saturated heterocycles. The summed E-state index contributed by atoms with van der Waals surface area (Å²) in [5.41, 5.74) is 4.14. The van der Waals surface area contributed by atoms with E-state index < -0.39 is 0 Å². The van der Waals surface area contributed by atoms with Crippen LogP contribution in [-0.4, -0.2) is 46.8 Å². The SMILES string of the molecule is O=C(C=Cc1cn(-c2ccccc2)nc1-c1cc2ccccc2o1)N1CCN(c2ccc(F)cc2)CC1. The van der Waals surface area contributed by atoms with E-state index in [9.17, 15) is 9.18 Å². The Bertz CT molecular complexity index is 1530. The summed E-state index contributed by atoms with van der Waals surface area (Å²) in [4.78, 5) is 17.0. The second kappa shape index (κ2) is 9.78. The van der Waals surface area contributed by atoms with E-state index in [1.54, 1.807) is 22.9 Å². The summed E-state index contributed by atoms with van der Waals surface area (Å²) in [7, 11) is 0. The number of furan rings is 1. The third-order valence-electron chi connectivity index (χ3n) is 6.61. The number of aromatic nitrogens is 2. The van der Waals surface area contributed by atoms with Crippen molar-refractivity contribution in [1.29, 1.82) is 0 Å². The van der Waals surface area contributed by atoms with Crippen molar-refractivity contribution in [3.63, 3.8) is 0 Å². The number of nitrogens with zero attached hydrogens (tertiary/aromatic N) is 4. The Morgan fingerprint density at radius 1 is 0.865 bits per heavy atom. The number of benzene rings is 3. The third-order valence-corrected chi connectivity index (χ3v) is 6.61. The molecule has 3 aromatic carbocycles. The highest BCUT2D eigenvalue weighted by molar-refractivity contribution is 5.93. The Hall–Kier alpha value is -4.65. The van der Waals surface area contributed by atoms with Gasteiger partial charge in [-0.15, -0.1) is 0 Å². The molecule has 1 fully saturated rings. The lowest BCUT2D eigenvalue weighted by Crippen LogP contribution is -2.48. The summed E-state index contributed by atoms with van der Waals surface area (Å²) in [6, 6.07) is 26.1. The average Bonchev–Trinajstić information content (AvgIpc) is 3.57. The van der Waals surface area contributed by atoms with Crippen molar-refractivity contribution >= 4 is 28.6 Å². The van der Waals surface area contributed by atoms with Crippen molar-refractivity contribution in [2.24, 2.45) is 0 Å².